The molecule has 2 aromatic rings. The third kappa shape index (κ3) is 0.852. The Labute approximate surface area is 63.3 Å². The van der Waals surface area contributed by atoms with E-state index in [2.05, 4.69) is 4.98 Å². The van der Waals surface area contributed by atoms with E-state index in [-0.39, 0.29) is 5.95 Å². The average molecular weight is 149 g/mol. The van der Waals surface area contributed by atoms with Gasteiger partial charge in [0.25, 0.3) is 5.95 Å². The van der Waals surface area contributed by atoms with Crippen LogP contribution < -0.4 is 0 Å². The molecule has 0 aliphatic rings. The molecule has 2 aromatic heterocycles. The highest BCUT2D eigenvalue weighted by molar-refractivity contribution is 5.82. The summed E-state index contributed by atoms with van der Waals surface area (Å²) in [6, 6.07) is 3.62. The van der Waals surface area contributed by atoms with E-state index in [0.29, 0.717) is 10.9 Å². The summed E-state index contributed by atoms with van der Waals surface area (Å²) >= 11 is 0. The molecule has 0 bridgehead atoms. The fourth-order valence-electron chi connectivity index (χ4n) is 1.02. The Morgan fingerprint density at radius 2 is 2.27 bits per heavy atom. The molecular formula is C8H7NO2. The monoisotopic (exact) mass is 149 g/mol. The van der Waals surface area contributed by atoms with Gasteiger partial charge in [0.2, 0.25) is 0 Å². The molecule has 2 heterocycles. The molecule has 0 aromatic carbocycles. The van der Waals surface area contributed by atoms with E-state index in [9.17, 15) is 0 Å². The minimum atomic E-state index is -0.0625. The fraction of sp³-hybridized carbons (Fsp3) is 0.125. The van der Waals surface area contributed by atoms with Crippen LogP contribution in [-0.4, -0.2) is 10.1 Å². The van der Waals surface area contributed by atoms with E-state index in [1.165, 1.54) is 6.26 Å². The summed E-state index contributed by atoms with van der Waals surface area (Å²) in [7, 11) is 0. The number of fused-ring (bicyclic) bond motifs is 1. The van der Waals surface area contributed by atoms with E-state index in [1.54, 1.807) is 6.07 Å². The van der Waals surface area contributed by atoms with Gasteiger partial charge in [-0.2, -0.15) is 0 Å². The van der Waals surface area contributed by atoms with E-state index in [1.807, 2.05) is 13.0 Å². The summed E-state index contributed by atoms with van der Waals surface area (Å²) in [5.41, 5.74) is 1.61. The second kappa shape index (κ2) is 1.99. The smallest absolute Gasteiger partial charge is 0.291 e. The van der Waals surface area contributed by atoms with Crippen molar-refractivity contribution in [1.82, 2.24) is 4.98 Å². The quantitative estimate of drug-likeness (QED) is 0.621. The molecule has 1 N–H and O–H groups in total. The van der Waals surface area contributed by atoms with E-state index < -0.39 is 0 Å². The molecule has 0 amide bonds. The predicted octanol–water partition coefficient (Wildman–Crippen LogP) is 1.84. The van der Waals surface area contributed by atoms with Crippen molar-refractivity contribution in [3.63, 3.8) is 0 Å². The lowest BCUT2D eigenvalue weighted by molar-refractivity contribution is 0.338. The Morgan fingerprint density at radius 3 is 3.09 bits per heavy atom. The van der Waals surface area contributed by atoms with Crippen LogP contribution in [0.1, 0.15) is 5.69 Å². The van der Waals surface area contributed by atoms with Crippen molar-refractivity contribution >= 4 is 10.9 Å². The molecule has 0 atom stereocenters. The third-order valence-electron chi connectivity index (χ3n) is 1.58. The molecule has 0 radical (unpaired) electrons. The first-order valence-corrected chi connectivity index (χ1v) is 3.31. The number of aromatic nitrogens is 1. The highest BCUT2D eigenvalue weighted by atomic mass is 16.5. The lowest BCUT2D eigenvalue weighted by atomic mass is 10.3. The maximum absolute atomic E-state index is 9.10. The Morgan fingerprint density at radius 1 is 1.45 bits per heavy atom. The lowest BCUT2D eigenvalue weighted by Gasteiger charge is -1.89. The van der Waals surface area contributed by atoms with Gasteiger partial charge in [0, 0.05) is 5.69 Å². The molecule has 0 saturated carbocycles. The highest BCUT2D eigenvalue weighted by Gasteiger charge is 2.03. The van der Waals surface area contributed by atoms with Gasteiger partial charge in [-0.3, -0.25) is 0 Å². The zero-order chi connectivity index (χ0) is 7.84. The first kappa shape index (κ1) is 6.22. The summed E-state index contributed by atoms with van der Waals surface area (Å²) < 4.78 is 4.76. The Bertz CT molecular complexity index is 392. The van der Waals surface area contributed by atoms with Crippen LogP contribution in [0.25, 0.3) is 10.9 Å². The van der Waals surface area contributed by atoms with Gasteiger partial charge in [-0.05, 0) is 19.1 Å². The van der Waals surface area contributed by atoms with Crippen LogP contribution in [0.4, 0.5) is 0 Å². The molecule has 56 valence electrons. The minimum absolute atomic E-state index is 0.0625. The van der Waals surface area contributed by atoms with Crippen molar-refractivity contribution in [3.8, 4) is 5.95 Å². The third-order valence-corrected chi connectivity index (χ3v) is 1.58. The van der Waals surface area contributed by atoms with Crippen LogP contribution in [0.5, 0.6) is 5.95 Å². The number of aryl methyl sites for hydroxylation is 1. The van der Waals surface area contributed by atoms with Crippen LogP contribution in [0, 0.1) is 6.92 Å². The van der Waals surface area contributed by atoms with Gasteiger partial charge in [0.05, 0.1) is 5.39 Å². The standard InChI is InChI=1S/C8H7NO2/c1-5-2-3-6-7(9-5)4-11-8(6)10/h2-4,10H,1H3. The van der Waals surface area contributed by atoms with Gasteiger partial charge in [0.1, 0.15) is 11.8 Å². The molecule has 0 unspecified atom stereocenters. The van der Waals surface area contributed by atoms with Crippen LogP contribution in [0.15, 0.2) is 22.8 Å². The van der Waals surface area contributed by atoms with E-state index in [0.717, 1.165) is 5.69 Å². The Kier molecular flexibility index (Phi) is 1.12. The summed E-state index contributed by atoms with van der Waals surface area (Å²) in [6.07, 6.45) is 1.44. The molecular weight excluding hydrogens is 142 g/mol. The number of hydrogen-bond donors (Lipinski definition) is 1. The van der Waals surface area contributed by atoms with Crippen LogP contribution in [-0.2, 0) is 0 Å². The van der Waals surface area contributed by atoms with Gasteiger partial charge in [-0.1, -0.05) is 0 Å². The summed E-state index contributed by atoms with van der Waals surface area (Å²) in [5, 5.41) is 9.76. The molecule has 11 heavy (non-hydrogen) atoms. The number of furan rings is 1. The van der Waals surface area contributed by atoms with Gasteiger partial charge < -0.3 is 9.52 Å². The van der Waals surface area contributed by atoms with Crippen molar-refractivity contribution in [2.24, 2.45) is 0 Å². The number of pyridine rings is 1. The zero-order valence-corrected chi connectivity index (χ0v) is 6.03. The van der Waals surface area contributed by atoms with Gasteiger partial charge in [0.15, 0.2) is 0 Å². The highest BCUT2D eigenvalue weighted by Crippen LogP contribution is 2.24. The molecule has 0 spiro atoms. The first-order chi connectivity index (χ1) is 5.27. The molecule has 3 heteroatoms. The Balaban J connectivity index is 2.86. The Hall–Kier alpha value is -1.51. The molecule has 2 rings (SSSR count). The summed E-state index contributed by atoms with van der Waals surface area (Å²) in [6.45, 7) is 1.89. The predicted molar refractivity (Wildman–Crippen MR) is 40.4 cm³/mol. The molecule has 3 nitrogen and oxygen atoms in total. The second-order valence-corrected chi connectivity index (χ2v) is 2.43. The van der Waals surface area contributed by atoms with Gasteiger partial charge in [-0.15, -0.1) is 0 Å². The van der Waals surface area contributed by atoms with Crippen molar-refractivity contribution < 1.29 is 9.52 Å². The normalized spacial score (nSPS) is 10.6. The van der Waals surface area contributed by atoms with Crippen molar-refractivity contribution in [2.75, 3.05) is 0 Å². The molecule has 0 saturated heterocycles. The molecule has 0 aliphatic heterocycles. The van der Waals surface area contributed by atoms with Crippen LogP contribution >= 0.6 is 0 Å². The molecule has 0 aliphatic carbocycles. The average Bonchev–Trinajstić information content (AvgIpc) is 2.32. The topological polar surface area (TPSA) is 46.3 Å². The SMILES string of the molecule is Cc1ccc2c(O)occ2n1. The number of nitrogens with zero attached hydrogens (tertiary/aromatic N) is 1. The van der Waals surface area contributed by atoms with Crippen molar-refractivity contribution in [3.05, 3.63) is 24.1 Å². The second-order valence-electron chi connectivity index (χ2n) is 2.43. The zero-order valence-electron chi connectivity index (χ0n) is 6.03. The first-order valence-electron chi connectivity index (χ1n) is 3.31. The van der Waals surface area contributed by atoms with Gasteiger partial charge in [-0.25, -0.2) is 4.98 Å². The minimum Gasteiger partial charge on any atom is -0.480 e. The van der Waals surface area contributed by atoms with E-state index in [4.69, 9.17) is 9.52 Å². The van der Waals surface area contributed by atoms with Crippen molar-refractivity contribution in [1.29, 1.82) is 0 Å². The number of aromatic hydroxyl groups is 1. The van der Waals surface area contributed by atoms with Crippen LogP contribution in [0.3, 0.4) is 0 Å². The molecule has 0 fully saturated rings. The fourth-order valence-corrected chi connectivity index (χ4v) is 1.02. The largest absolute Gasteiger partial charge is 0.480 e. The maximum Gasteiger partial charge on any atom is 0.291 e. The van der Waals surface area contributed by atoms with Gasteiger partial charge >= 0.3 is 0 Å². The van der Waals surface area contributed by atoms with E-state index >= 15 is 0 Å². The summed E-state index contributed by atoms with van der Waals surface area (Å²) in [5.74, 6) is -0.0625. The number of hydrogen-bond acceptors (Lipinski definition) is 3. The summed E-state index contributed by atoms with van der Waals surface area (Å²) in [4.78, 5) is 4.14. The number of rotatable bonds is 0. The van der Waals surface area contributed by atoms with Crippen LogP contribution in [0.2, 0.25) is 0 Å². The van der Waals surface area contributed by atoms with Crippen molar-refractivity contribution in [2.45, 2.75) is 6.92 Å². The lowest BCUT2D eigenvalue weighted by Crippen LogP contribution is -1.77. The maximum atomic E-state index is 9.10.